The molecule has 3 aromatic rings. The molecule has 13 heteroatoms. The minimum absolute atomic E-state index is 0.0250. The number of aromatic nitrogens is 5. The molecule has 13 nitrogen and oxygen atoms in total. The summed E-state index contributed by atoms with van der Waals surface area (Å²) in [4.78, 5) is 14.8. The van der Waals surface area contributed by atoms with Crippen LogP contribution in [0.25, 0.3) is 5.82 Å². The molecule has 0 saturated carbocycles. The summed E-state index contributed by atoms with van der Waals surface area (Å²) < 4.78 is 11.3. The highest BCUT2D eigenvalue weighted by Gasteiger charge is 2.26. The lowest BCUT2D eigenvalue weighted by Gasteiger charge is -2.26. The van der Waals surface area contributed by atoms with E-state index in [-0.39, 0.29) is 23.1 Å². The molecule has 0 atom stereocenters. The molecule has 0 spiro atoms. The van der Waals surface area contributed by atoms with Crippen molar-refractivity contribution in [2.24, 2.45) is 5.10 Å². The molecule has 4 rings (SSSR count). The molecular weight excluding hydrogens is 394 g/mol. The number of carbonyl (C=O) groups is 1. The van der Waals surface area contributed by atoms with Crippen LogP contribution in [0.4, 0.5) is 5.82 Å². The zero-order valence-electron chi connectivity index (χ0n) is 15.8. The number of nitrogens with one attached hydrogen (secondary N) is 1. The van der Waals surface area contributed by atoms with E-state index in [9.17, 15) is 9.90 Å². The minimum Gasteiger partial charge on any atom is -0.508 e. The summed E-state index contributed by atoms with van der Waals surface area (Å²) >= 11 is 0. The Balaban J connectivity index is 1.57. The first kappa shape index (κ1) is 19.5. The lowest BCUT2D eigenvalue weighted by atomic mass is 10.2. The maximum atomic E-state index is 12.7. The number of phenolic OH excluding ortho intramolecular Hbond substituents is 1. The summed E-state index contributed by atoms with van der Waals surface area (Å²) in [5.41, 5.74) is 9.35. The Bertz CT molecular complexity index is 1060. The second kappa shape index (κ2) is 8.67. The highest BCUT2D eigenvalue weighted by Crippen LogP contribution is 2.18. The van der Waals surface area contributed by atoms with Crippen molar-refractivity contribution in [3.05, 3.63) is 41.2 Å². The van der Waals surface area contributed by atoms with Crippen molar-refractivity contribution < 1.29 is 19.3 Å². The Hall–Kier alpha value is -3.84. The van der Waals surface area contributed by atoms with Crippen molar-refractivity contribution in [2.45, 2.75) is 6.54 Å². The molecule has 1 saturated heterocycles. The number of morpholine rings is 1. The van der Waals surface area contributed by atoms with Crippen molar-refractivity contribution in [1.82, 2.24) is 35.6 Å². The second-order valence-corrected chi connectivity index (χ2v) is 6.45. The number of nitrogen functional groups attached to an aromatic ring is 1. The summed E-state index contributed by atoms with van der Waals surface area (Å²) in [5.74, 6) is -0.291. The van der Waals surface area contributed by atoms with Crippen molar-refractivity contribution in [2.75, 3.05) is 32.0 Å². The first-order valence-corrected chi connectivity index (χ1v) is 9.07. The summed E-state index contributed by atoms with van der Waals surface area (Å²) in [6.07, 6.45) is 1.41. The van der Waals surface area contributed by atoms with E-state index < -0.39 is 5.91 Å². The number of aromatic hydroxyl groups is 1. The molecule has 30 heavy (non-hydrogen) atoms. The van der Waals surface area contributed by atoms with Gasteiger partial charge in [-0.15, -0.1) is 5.10 Å². The van der Waals surface area contributed by atoms with Crippen LogP contribution in [0.5, 0.6) is 5.75 Å². The first-order chi connectivity index (χ1) is 14.6. The van der Waals surface area contributed by atoms with Crippen molar-refractivity contribution >= 4 is 17.9 Å². The first-order valence-electron chi connectivity index (χ1n) is 9.07. The second-order valence-electron chi connectivity index (χ2n) is 6.45. The largest absolute Gasteiger partial charge is 0.508 e. The lowest BCUT2D eigenvalue weighted by Crippen LogP contribution is -2.37. The molecule has 1 aliphatic heterocycles. The normalized spacial score (nSPS) is 14.9. The van der Waals surface area contributed by atoms with E-state index in [0.717, 1.165) is 0 Å². The number of amides is 1. The standard InChI is InChI=1S/C17H19N9O4/c18-15-16(23-30-22-15)26-13(10-25-4-6-29-7-5-25)14(20-24-26)17(28)21-19-9-11-2-1-3-12(27)8-11/h1-3,8-9,27H,4-7,10H2,(H2,18,22)(H,21,28)/b19-9+. The number of hydrogen-bond acceptors (Lipinski definition) is 11. The SMILES string of the molecule is Nc1nonc1-n1nnc(C(=O)N/N=C/c2cccc(O)c2)c1CN1CCOCC1. The van der Waals surface area contributed by atoms with Crippen LogP contribution in [-0.2, 0) is 11.3 Å². The van der Waals surface area contributed by atoms with Gasteiger partial charge < -0.3 is 15.6 Å². The topological polar surface area (TPSA) is 170 Å². The number of nitrogens with two attached hydrogens (primary N) is 1. The monoisotopic (exact) mass is 413 g/mol. The molecule has 3 heterocycles. The van der Waals surface area contributed by atoms with Gasteiger partial charge in [0.25, 0.3) is 5.91 Å². The van der Waals surface area contributed by atoms with Gasteiger partial charge in [0.15, 0.2) is 5.69 Å². The van der Waals surface area contributed by atoms with Crippen LogP contribution in [-0.4, -0.2) is 73.7 Å². The van der Waals surface area contributed by atoms with Crippen LogP contribution >= 0.6 is 0 Å². The zero-order valence-corrected chi connectivity index (χ0v) is 15.8. The number of anilines is 1. The van der Waals surface area contributed by atoms with Crippen LogP contribution in [0.15, 0.2) is 34.0 Å². The lowest BCUT2D eigenvalue weighted by molar-refractivity contribution is 0.0332. The Morgan fingerprint density at radius 3 is 2.90 bits per heavy atom. The smallest absolute Gasteiger partial charge is 0.293 e. The van der Waals surface area contributed by atoms with E-state index >= 15 is 0 Å². The highest BCUT2D eigenvalue weighted by molar-refractivity contribution is 5.94. The molecule has 0 radical (unpaired) electrons. The van der Waals surface area contributed by atoms with E-state index in [1.807, 2.05) is 0 Å². The van der Waals surface area contributed by atoms with Gasteiger partial charge in [0, 0.05) is 19.6 Å². The van der Waals surface area contributed by atoms with Gasteiger partial charge in [0.1, 0.15) is 5.75 Å². The van der Waals surface area contributed by atoms with Crippen molar-refractivity contribution in [3.8, 4) is 11.6 Å². The van der Waals surface area contributed by atoms with Crippen molar-refractivity contribution in [1.29, 1.82) is 0 Å². The van der Waals surface area contributed by atoms with Gasteiger partial charge in [-0.25, -0.2) is 10.1 Å². The fourth-order valence-corrected chi connectivity index (χ4v) is 2.92. The van der Waals surface area contributed by atoms with Crippen LogP contribution in [0.2, 0.25) is 0 Å². The summed E-state index contributed by atoms with van der Waals surface area (Å²) in [6.45, 7) is 2.92. The Morgan fingerprint density at radius 2 is 2.17 bits per heavy atom. The van der Waals surface area contributed by atoms with E-state index in [1.54, 1.807) is 12.1 Å². The Morgan fingerprint density at radius 1 is 1.33 bits per heavy atom. The molecule has 4 N–H and O–H groups in total. The third kappa shape index (κ3) is 4.26. The van der Waals surface area contributed by atoms with E-state index in [0.29, 0.717) is 44.1 Å². The fourth-order valence-electron chi connectivity index (χ4n) is 2.92. The number of ether oxygens (including phenoxy) is 1. The van der Waals surface area contributed by atoms with Crippen LogP contribution in [0.1, 0.15) is 21.7 Å². The molecule has 0 aliphatic carbocycles. The fraction of sp³-hybridized carbons (Fsp3) is 0.294. The van der Waals surface area contributed by atoms with Crippen LogP contribution in [0, 0.1) is 0 Å². The molecule has 1 amide bonds. The maximum Gasteiger partial charge on any atom is 0.293 e. The third-order valence-corrected chi connectivity index (χ3v) is 4.40. The number of hydrogen-bond donors (Lipinski definition) is 3. The van der Waals surface area contributed by atoms with Gasteiger partial charge in [-0.2, -0.15) is 9.78 Å². The van der Waals surface area contributed by atoms with Gasteiger partial charge in [0.05, 0.1) is 25.1 Å². The predicted molar refractivity (Wildman–Crippen MR) is 103 cm³/mol. The quantitative estimate of drug-likeness (QED) is 0.355. The molecule has 1 fully saturated rings. The summed E-state index contributed by atoms with van der Waals surface area (Å²) in [5, 5.41) is 28.7. The van der Waals surface area contributed by atoms with Crippen LogP contribution < -0.4 is 11.2 Å². The van der Waals surface area contributed by atoms with Crippen molar-refractivity contribution in [3.63, 3.8) is 0 Å². The molecule has 1 aliphatic rings. The van der Waals surface area contributed by atoms with E-state index in [2.05, 4.69) is 40.7 Å². The number of nitrogens with zero attached hydrogens (tertiary/aromatic N) is 7. The van der Waals surface area contributed by atoms with Gasteiger partial charge in [-0.3, -0.25) is 9.69 Å². The molecule has 156 valence electrons. The highest BCUT2D eigenvalue weighted by atomic mass is 16.6. The van der Waals surface area contributed by atoms with E-state index in [1.165, 1.54) is 23.0 Å². The number of rotatable bonds is 6. The molecule has 1 aromatic carbocycles. The number of benzene rings is 1. The van der Waals surface area contributed by atoms with Gasteiger partial charge in [-0.1, -0.05) is 17.3 Å². The average Bonchev–Trinajstić information content (AvgIpc) is 3.34. The summed E-state index contributed by atoms with van der Waals surface area (Å²) in [7, 11) is 0. The summed E-state index contributed by atoms with van der Waals surface area (Å²) in [6, 6.07) is 6.45. The van der Waals surface area contributed by atoms with Gasteiger partial charge >= 0.3 is 0 Å². The Labute approximate surface area is 170 Å². The van der Waals surface area contributed by atoms with E-state index in [4.69, 9.17) is 10.5 Å². The minimum atomic E-state index is -0.559. The number of phenols is 1. The number of carbonyl (C=O) groups excluding carboxylic acids is 1. The average molecular weight is 413 g/mol. The molecule has 0 unspecified atom stereocenters. The molecule has 2 aromatic heterocycles. The molecular formula is C17H19N9O4. The zero-order chi connectivity index (χ0) is 20.9. The predicted octanol–water partition coefficient (Wildman–Crippen LogP) is -0.466. The van der Waals surface area contributed by atoms with Gasteiger partial charge in [-0.05, 0) is 28.0 Å². The van der Waals surface area contributed by atoms with Crippen LogP contribution in [0.3, 0.4) is 0 Å². The Kier molecular flexibility index (Phi) is 5.63. The third-order valence-electron chi connectivity index (χ3n) is 4.40. The van der Waals surface area contributed by atoms with Gasteiger partial charge in [0.2, 0.25) is 11.6 Å². The molecule has 0 bridgehead atoms. The number of hydrazone groups is 1. The maximum absolute atomic E-state index is 12.7.